The molecule has 0 aliphatic heterocycles. The summed E-state index contributed by atoms with van der Waals surface area (Å²) in [6.07, 6.45) is 0. The zero-order valence-electron chi connectivity index (χ0n) is 9.33. The van der Waals surface area contributed by atoms with E-state index in [2.05, 4.69) is 21.0 Å². The first kappa shape index (κ1) is 11.8. The molecule has 1 aromatic heterocycles. The molecule has 17 heavy (non-hydrogen) atoms. The molecule has 5 heteroatoms. The molecule has 0 amide bonds. The van der Waals surface area contributed by atoms with Crippen molar-refractivity contribution in [2.45, 2.75) is 13.8 Å². The van der Waals surface area contributed by atoms with Crippen LogP contribution in [0.25, 0.3) is 5.69 Å². The Morgan fingerprint density at radius 2 is 2.12 bits per heavy atom. The number of aryl methyl sites for hydroxylation is 1. The van der Waals surface area contributed by atoms with Gasteiger partial charge in [-0.15, -0.1) is 0 Å². The third-order valence-corrected chi connectivity index (χ3v) is 3.66. The molecular weight excluding hydrogens is 285 g/mol. The van der Waals surface area contributed by atoms with Crippen molar-refractivity contribution < 1.29 is 4.39 Å². The summed E-state index contributed by atoms with van der Waals surface area (Å²) in [6, 6.07) is 6.06. The van der Waals surface area contributed by atoms with Crippen LogP contribution < -0.4 is 0 Å². The number of hydrogen-bond acceptors (Lipinski definition) is 2. The molecule has 0 bridgehead atoms. The van der Waals surface area contributed by atoms with Crippen molar-refractivity contribution in [1.29, 1.82) is 5.26 Å². The first-order valence-electron chi connectivity index (χ1n) is 4.96. The van der Waals surface area contributed by atoms with Crippen LogP contribution in [0.1, 0.15) is 17.0 Å². The summed E-state index contributed by atoms with van der Waals surface area (Å²) in [7, 11) is 0. The highest BCUT2D eigenvalue weighted by atomic mass is 79.9. The topological polar surface area (TPSA) is 41.6 Å². The van der Waals surface area contributed by atoms with Crippen molar-refractivity contribution >= 4 is 15.9 Å². The number of nitrogens with zero attached hydrogens (tertiary/aromatic N) is 3. The summed E-state index contributed by atoms with van der Waals surface area (Å²) in [6.45, 7) is 3.75. The van der Waals surface area contributed by atoms with Crippen molar-refractivity contribution in [3.63, 3.8) is 0 Å². The molecule has 2 rings (SSSR count). The highest BCUT2D eigenvalue weighted by Crippen LogP contribution is 2.24. The van der Waals surface area contributed by atoms with Crippen LogP contribution in [0, 0.1) is 31.0 Å². The first-order valence-corrected chi connectivity index (χ1v) is 5.75. The molecule has 2 aromatic rings. The van der Waals surface area contributed by atoms with Crippen LogP contribution in [0.15, 0.2) is 22.7 Å². The first-order chi connectivity index (χ1) is 8.04. The van der Waals surface area contributed by atoms with Gasteiger partial charge in [-0.25, -0.2) is 9.07 Å². The Labute approximate surface area is 107 Å². The third-order valence-electron chi connectivity index (χ3n) is 2.51. The number of halogens is 2. The molecule has 0 radical (unpaired) electrons. The van der Waals surface area contributed by atoms with E-state index in [1.54, 1.807) is 10.7 Å². The van der Waals surface area contributed by atoms with Crippen molar-refractivity contribution in [3.8, 4) is 11.8 Å². The van der Waals surface area contributed by atoms with Crippen molar-refractivity contribution in [2.75, 3.05) is 0 Å². The molecule has 1 aromatic carbocycles. The van der Waals surface area contributed by atoms with E-state index >= 15 is 0 Å². The maximum atomic E-state index is 13.0. The average Bonchev–Trinajstić information content (AvgIpc) is 2.57. The minimum absolute atomic E-state index is 0.267. The largest absolute Gasteiger partial charge is 0.235 e. The second kappa shape index (κ2) is 4.30. The minimum atomic E-state index is -0.425. The number of hydrogen-bond donors (Lipinski definition) is 0. The summed E-state index contributed by atoms with van der Waals surface area (Å²) in [4.78, 5) is 0. The second-order valence-electron chi connectivity index (χ2n) is 3.67. The van der Waals surface area contributed by atoms with Gasteiger partial charge in [0.2, 0.25) is 0 Å². The van der Waals surface area contributed by atoms with E-state index in [0.717, 1.165) is 15.9 Å². The molecule has 0 saturated heterocycles. The van der Waals surface area contributed by atoms with Crippen molar-refractivity contribution in [2.24, 2.45) is 0 Å². The van der Waals surface area contributed by atoms with E-state index in [9.17, 15) is 4.39 Å². The number of nitriles is 1. The van der Waals surface area contributed by atoms with Crippen LogP contribution in [0.2, 0.25) is 0 Å². The normalized spacial score (nSPS) is 10.3. The van der Waals surface area contributed by atoms with Gasteiger partial charge in [0.15, 0.2) is 0 Å². The van der Waals surface area contributed by atoms with Crippen molar-refractivity contribution in [3.05, 3.63) is 45.4 Å². The van der Waals surface area contributed by atoms with E-state index in [0.29, 0.717) is 5.69 Å². The van der Waals surface area contributed by atoms with Crippen LogP contribution in [0.5, 0.6) is 0 Å². The Balaban J connectivity index is 2.69. The average molecular weight is 294 g/mol. The minimum Gasteiger partial charge on any atom is -0.235 e. The predicted octanol–water partition coefficient (Wildman–Crippen LogP) is 3.26. The maximum absolute atomic E-state index is 13.0. The fourth-order valence-corrected chi connectivity index (χ4v) is 1.89. The van der Waals surface area contributed by atoms with E-state index in [1.165, 1.54) is 12.1 Å². The Kier molecular flexibility index (Phi) is 2.99. The lowest BCUT2D eigenvalue weighted by Gasteiger charge is -2.06. The third kappa shape index (κ3) is 1.96. The highest BCUT2D eigenvalue weighted by molar-refractivity contribution is 9.10. The van der Waals surface area contributed by atoms with Crippen LogP contribution in [0.3, 0.4) is 0 Å². The molecule has 0 fully saturated rings. The van der Waals surface area contributed by atoms with Gasteiger partial charge >= 0.3 is 0 Å². The summed E-state index contributed by atoms with van der Waals surface area (Å²) in [5.74, 6) is -0.425. The SMILES string of the molecule is Cc1nn(-c2ccc(F)cc2C#N)c(C)c1Br. The molecule has 0 atom stereocenters. The van der Waals surface area contributed by atoms with Gasteiger partial charge < -0.3 is 0 Å². The molecule has 0 N–H and O–H groups in total. The van der Waals surface area contributed by atoms with Crippen LogP contribution in [-0.4, -0.2) is 9.78 Å². The number of rotatable bonds is 1. The van der Waals surface area contributed by atoms with Gasteiger partial charge in [-0.05, 0) is 48.0 Å². The lowest BCUT2D eigenvalue weighted by molar-refractivity contribution is 0.626. The van der Waals surface area contributed by atoms with Crippen LogP contribution in [0.4, 0.5) is 4.39 Å². The number of aromatic nitrogens is 2. The van der Waals surface area contributed by atoms with Gasteiger partial charge in [0.1, 0.15) is 11.9 Å². The quantitative estimate of drug-likeness (QED) is 0.810. The Bertz CT molecular complexity index is 625. The lowest BCUT2D eigenvalue weighted by atomic mass is 10.2. The Morgan fingerprint density at radius 1 is 1.41 bits per heavy atom. The van der Waals surface area contributed by atoms with Gasteiger partial charge in [-0.3, -0.25) is 0 Å². The summed E-state index contributed by atoms with van der Waals surface area (Å²) in [5, 5.41) is 13.3. The molecule has 3 nitrogen and oxygen atoms in total. The van der Waals surface area contributed by atoms with Gasteiger partial charge in [-0.2, -0.15) is 10.4 Å². The van der Waals surface area contributed by atoms with Gasteiger partial charge in [0, 0.05) is 0 Å². The number of benzene rings is 1. The smallest absolute Gasteiger partial charge is 0.124 e. The van der Waals surface area contributed by atoms with E-state index in [1.807, 2.05) is 19.9 Å². The lowest BCUT2D eigenvalue weighted by Crippen LogP contribution is -2.02. The fourth-order valence-electron chi connectivity index (χ4n) is 1.64. The molecule has 86 valence electrons. The molecule has 0 saturated carbocycles. The zero-order chi connectivity index (χ0) is 12.6. The van der Waals surface area contributed by atoms with Crippen LogP contribution >= 0.6 is 15.9 Å². The van der Waals surface area contributed by atoms with Gasteiger partial charge in [0.25, 0.3) is 0 Å². The standard InChI is InChI=1S/C12H9BrFN3/c1-7-12(13)8(2)17(16-7)11-4-3-10(14)5-9(11)6-15/h3-5H,1-2H3. The maximum Gasteiger partial charge on any atom is 0.124 e. The molecule has 0 aliphatic rings. The highest BCUT2D eigenvalue weighted by Gasteiger charge is 2.13. The molecule has 1 heterocycles. The van der Waals surface area contributed by atoms with Crippen molar-refractivity contribution in [1.82, 2.24) is 9.78 Å². The summed E-state index contributed by atoms with van der Waals surface area (Å²) in [5.41, 5.74) is 2.56. The summed E-state index contributed by atoms with van der Waals surface area (Å²) >= 11 is 3.42. The second-order valence-corrected chi connectivity index (χ2v) is 4.46. The monoisotopic (exact) mass is 293 g/mol. The van der Waals surface area contributed by atoms with E-state index < -0.39 is 5.82 Å². The van der Waals surface area contributed by atoms with E-state index in [-0.39, 0.29) is 5.56 Å². The predicted molar refractivity (Wildman–Crippen MR) is 65.4 cm³/mol. The van der Waals surface area contributed by atoms with Gasteiger partial charge in [0.05, 0.1) is 27.1 Å². The molecule has 0 aliphatic carbocycles. The Hall–Kier alpha value is -1.67. The Morgan fingerprint density at radius 3 is 2.65 bits per heavy atom. The molecular formula is C12H9BrFN3. The molecule has 0 spiro atoms. The van der Waals surface area contributed by atoms with E-state index in [4.69, 9.17) is 5.26 Å². The van der Waals surface area contributed by atoms with Crippen LogP contribution in [-0.2, 0) is 0 Å². The fraction of sp³-hybridized carbons (Fsp3) is 0.167. The van der Waals surface area contributed by atoms with Gasteiger partial charge in [-0.1, -0.05) is 0 Å². The summed E-state index contributed by atoms with van der Waals surface area (Å²) < 4.78 is 15.6. The molecule has 0 unspecified atom stereocenters. The zero-order valence-corrected chi connectivity index (χ0v) is 10.9.